The largest absolute Gasteiger partial charge is 0.389 e. The lowest BCUT2D eigenvalue weighted by atomic mass is 10.1. The third-order valence-corrected chi connectivity index (χ3v) is 8.81. The van der Waals surface area contributed by atoms with Crippen molar-refractivity contribution in [3.8, 4) is 17.3 Å². The van der Waals surface area contributed by atoms with Crippen LogP contribution in [0.25, 0.3) is 22.2 Å². The van der Waals surface area contributed by atoms with Crippen molar-refractivity contribution in [3.05, 3.63) is 52.4 Å². The average Bonchev–Trinajstić information content (AvgIpc) is 3.61. The first-order valence-electron chi connectivity index (χ1n) is 14.2. The Morgan fingerprint density at radius 2 is 1.93 bits per heavy atom. The van der Waals surface area contributed by atoms with Crippen molar-refractivity contribution in [1.82, 2.24) is 24.6 Å². The van der Waals surface area contributed by atoms with Crippen molar-refractivity contribution in [1.29, 1.82) is 5.26 Å². The minimum atomic E-state index is -0.457. The summed E-state index contributed by atoms with van der Waals surface area (Å²) in [5, 5.41) is 24.3. The van der Waals surface area contributed by atoms with Gasteiger partial charge in [-0.1, -0.05) is 0 Å². The van der Waals surface area contributed by atoms with E-state index >= 15 is 4.39 Å². The summed E-state index contributed by atoms with van der Waals surface area (Å²) in [6.45, 7) is 7.47. The maximum atomic E-state index is 15.7. The summed E-state index contributed by atoms with van der Waals surface area (Å²) >= 11 is 1.21. The molecule has 2 aromatic heterocycles. The normalized spacial score (nSPS) is 16.1. The van der Waals surface area contributed by atoms with Gasteiger partial charge in [0.05, 0.1) is 23.8 Å². The van der Waals surface area contributed by atoms with Crippen molar-refractivity contribution >= 4 is 45.3 Å². The van der Waals surface area contributed by atoms with Gasteiger partial charge in [0.2, 0.25) is 5.91 Å². The first kappa shape index (κ1) is 29.0. The van der Waals surface area contributed by atoms with Crippen LogP contribution in [0.3, 0.4) is 0 Å². The Morgan fingerprint density at radius 3 is 2.60 bits per heavy atom. The molecule has 0 atom stereocenters. The van der Waals surface area contributed by atoms with Crippen molar-refractivity contribution in [2.75, 3.05) is 62.7 Å². The van der Waals surface area contributed by atoms with Gasteiger partial charge in [0.15, 0.2) is 5.82 Å². The van der Waals surface area contributed by atoms with E-state index in [0.717, 1.165) is 0 Å². The van der Waals surface area contributed by atoms with E-state index in [4.69, 9.17) is 0 Å². The minimum Gasteiger partial charge on any atom is -0.389 e. The molecular formula is C30H32F2N8O2S. The van der Waals surface area contributed by atoms with E-state index < -0.39 is 17.7 Å². The fraction of sp³-hybridized carbons (Fsp3) is 0.400. The van der Waals surface area contributed by atoms with Gasteiger partial charge in [0, 0.05) is 69.0 Å². The molecule has 13 heteroatoms. The van der Waals surface area contributed by atoms with Crippen LogP contribution < -0.4 is 9.80 Å². The number of aliphatic hydroxyl groups is 1. The summed E-state index contributed by atoms with van der Waals surface area (Å²) in [5.41, 5.74) is 4.02. The number of fused-ring (bicyclic) bond motifs is 1. The maximum Gasteiger partial charge on any atom is 0.236 e. The molecule has 43 heavy (non-hydrogen) atoms. The van der Waals surface area contributed by atoms with Crippen LogP contribution in [0.4, 0.5) is 26.0 Å². The highest BCUT2D eigenvalue weighted by Gasteiger charge is 2.31. The Bertz CT molecular complexity index is 1720. The number of halogens is 2. The second kappa shape index (κ2) is 11.5. The molecule has 0 unspecified atom stereocenters. The molecule has 2 saturated heterocycles. The lowest BCUT2D eigenvalue weighted by molar-refractivity contribution is -0.142. The quantitative estimate of drug-likeness (QED) is 0.337. The van der Waals surface area contributed by atoms with Gasteiger partial charge in [-0.25, -0.2) is 18.4 Å². The number of benzene rings is 2. The third-order valence-electron chi connectivity index (χ3n) is 8.08. The highest BCUT2D eigenvalue weighted by Crippen LogP contribution is 2.41. The third kappa shape index (κ3) is 5.42. The van der Waals surface area contributed by atoms with Gasteiger partial charge in [0.1, 0.15) is 33.8 Å². The van der Waals surface area contributed by atoms with Gasteiger partial charge in [-0.2, -0.15) is 10.4 Å². The highest BCUT2D eigenvalue weighted by atomic mass is 32.1. The fourth-order valence-corrected chi connectivity index (χ4v) is 6.33. The Balaban J connectivity index is 1.33. The second-order valence-electron chi connectivity index (χ2n) is 11.3. The van der Waals surface area contributed by atoms with Crippen LogP contribution in [0.5, 0.6) is 0 Å². The number of hydrogen-bond donors (Lipinski definition) is 1. The molecule has 4 heterocycles. The van der Waals surface area contributed by atoms with Crippen molar-refractivity contribution in [3.63, 3.8) is 0 Å². The number of aliphatic hydroxyl groups excluding tert-OH is 1. The van der Waals surface area contributed by atoms with Crippen LogP contribution in [-0.4, -0.2) is 94.5 Å². The number of carbonyl (C=O) groups is 1. The topological polar surface area (TPSA) is 105 Å². The first-order valence-corrected chi connectivity index (χ1v) is 15.0. The van der Waals surface area contributed by atoms with E-state index in [1.807, 2.05) is 19.9 Å². The monoisotopic (exact) mass is 606 g/mol. The second-order valence-corrected chi connectivity index (χ2v) is 12.1. The van der Waals surface area contributed by atoms with Gasteiger partial charge in [0.25, 0.3) is 0 Å². The molecule has 2 aliphatic rings. The van der Waals surface area contributed by atoms with Gasteiger partial charge in [-0.15, -0.1) is 11.3 Å². The number of rotatable bonds is 7. The van der Waals surface area contributed by atoms with E-state index in [1.54, 1.807) is 33.1 Å². The zero-order chi connectivity index (χ0) is 30.4. The zero-order valence-electron chi connectivity index (χ0n) is 24.2. The molecule has 0 radical (unpaired) electrons. The molecular weight excluding hydrogens is 574 g/mol. The summed E-state index contributed by atoms with van der Waals surface area (Å²) < 4.78 is 32.1. The number of thiazole rings is 1. The number of likely N-dealkylation sites (tertiary alicyclic amines) is 1. The van der Waals surface area contributed by atoms with Gasteiger partial charge >= 0.3 is 0 Å². The molecule has 0 bridgehead atoms. The average molecular weight is 607 g/mol. The molecule has 0 saturated carbocycles. The van der Waals surface area contributed by atoms with Gasteiger partial charge in [-0.05, 0) is 44.2 Å². The fourth-order valence-electron chi connectivity index (χ4n) is 5.74. The predicted molar refractivity (Wildman–Crippen MR) is 162 cm³/mol. The molecule has 1 amide bonds. The zero-order valence-corrected chi connectivity index (χ0v) is 25.0. The summed E-state index contributed by atoms with van der Waals surface area (Å²) in [4.78, 5) is 24.9. The van der Waals surface area contributed by atoms with Crippen molar-refractivity contribution in [2.45, 2.75) is 26.0 Å². The van der Waals surface area contributed by atoms with E-state index in [1.165, 1.54) is 29.5 Å². The van der Waals surface area contributed by atoms with Crippen molar-refractivity contribution in [2.24, 2.45) is 0 Å². The summed E-state index contributed by atoms with van der Waals surface area (Å²) in [6.07, 6.45) is -0.426. The number of piperazine rings is 1. The standard InChI is InChI=1S/C30H32F2N8O2S/c1-18(2)40-30(36(3)25-10-19(31)4-5-22(25)29-26(13-33)43-17-34-29)23-11-20(12-24(32)28(23)35-40)38-8-6-37(7-9-38)16-27(42)39-14-21(41)15-39/h4-5,10-12,17-18,21,41H,6-9,14-16H2,1-3H3. The van der Waals surface area contributed by atoms with Crippen LogP contribution in [0.1, 0.15) is 24.8 Å². The Kier molecular flexibility index (Phi) is 7.76. The Hall–Kier alpha value is -4.12. The summed E-state index contributed by atoms with van der Waals surface area (Å²) in [6, 6.07) is 9.78. The summed E-state index contributed by atoms with van der Waals surface area (Å²) in [5.74, 6) is -0.308. The maximum absolute atomic E-state index is 15.7. The Labute approximate surface area is 252 Å². The lowest BCUT2D eigenvalue weighted by Gasteiger charge is -2.39. The minimum absolute atomic E-state index is 0.0104. The molecule has 2 fully saturated rings. The van der Waals surface area contributed by atoms with E-state index in [9.17, 15) is 19.6 Å². The Morgan fingerprint density at radius 1 is 1.19 bits per heavy atom. The van der Waals surface area contributed by atoms with Crippen LogP contribution in [-0.2, 0) is 4.79 Å². The van der Waals surface area contributed by atoms with Crippen LogP contribution in [0.2, 0.25) is 0 Å². The number of amides is 1. The molecule has 10 nitrogen and oxygen atoms in total. The number of anilines is 3. The number of β-amino-alcohol motifs (C(OH)–C–C–N with tert-alkyl or cyclic N) is 1. The van der Waals surface area contributed by atoms with Crippen LogP contribution in [0.15, 0.2) is 35.8 Å². The lowest BCUT2D eigenvalue weighted by Crippen LogP contribution is -2.57. The first-order chi connectivity index (χ1) is 20.6. The predicted octanol–water partition coefficient (Wildman–Crippen LogP) is 3.98. The molecule has 0 aliphatic carbocycles. The summed E-state index contributed by atoms with van der Waals surface area (Å²) in [7, 11) is 1.78. The molecule has 2 aliphatic heterocycles. The number of carbonyl (C=O) groups excluding carboxylic acids is 1. The van der Waals surface area contributed by atoms with Gasteiger partial charge < -0.3 is 19.8 Å². The van der Waals surface area contributed by atoms with Gasteiger partial charge in [-0.3, -0.25) is 9.69 Å². The molecule has 6 rings (SSSR count). The van der Waals surface area contributed by atoms with Crippen LogP contribution in [0, 0.1) is 23.0 Å². The molecule has 224 valence electrons. The molecule has 4 aromatic rings. The van der Waals surface area contributed by atoms with Crippen molar-refractivity contribution < 1.29 is 18.7 Å². The number of nitrogens with zero attached hydrogens (tertiary/aromatic N) is 8. The highest BCUT2D eigenvalue weighted by molar-refractivity contribution is 7.10. The SMILES string of the molecule is CC(C)n1nc2c(F)cc(N3CCN(CC(=O)N4CC(O)C4)CC3)cc2c1N(C)c1cc(F)ccc1-c1ncsc1C#N. The van der Waals surface area contributed by atoms with E-state index in [2.05, 4.69) is 26.0 Å². The smallest absolute Gasteiger partial charge is 0.236 e. The van der Waals surface area contributed by atoms with Crippen LogP contribution >= 0.6 is 11.3 Å². The number of nitriles is 1. The molecule has 0 spiro atoms. The molecule has 1 N–H and O–H groups in total. The van der Waals surface area contributed by atoms with E-state index in [-0.39, 0.29) is 17.5 Å². The van der Waals surface area contributed by atoms with E-state index in [0.29, 0.717) is 84.5 Å². The number of hydrogen-bond acceptors (Lipinski definition) is 9. The molecule has 2 aromatic carbocycles. The number of aromatic nitrogens is 3.